The third-order valence-corrected chi connectivity index (χ3v) is 2.40. The second kappa shape index (κ2) is 4.09. The molecule has 1 rings (SSSR count). The van der Waals surface area contributed by atoms with E-state index in [1.165, 1.54) is 0 Å². The monoisotopic (exact) mass is 263 g/mol. The zero-order valence-electron chi connectivity index (χ0n) is 6.50. The molecular weight excluding hydrogens is 257 g/mol. The molecule has 0 unspecified atom stereocenters. The average Bonchev–Trinajstić information content (AvgIpc) is 2.08. The number of carbonyl (C=O) groups is 1. The number of halogens is 2. The van der Waals surface area contributed by atoms with Crippen LogP contribution < -0.4 is 5.73 Å². The first-order valence-corrected chi connectivity index (χ1v) is 4.63. The summed E-state index contributed by atoms with van der Waals surface area (Å²) in [6.07, 6.45) is 0. The lowest BCUT2D eigenvalue weighted by molar-refractivity contribution is -0.138. The van der Waals surface area contributed by atoms with Gasteiger partial charge in [0.05, 0.1) is 0 Å². The van der Waals surface area contributed by atoms with Gasteiger partial charge in [0.2, 0.25) is 0 Å². The fraction of sp³-hybridized carbons (Fsp3) is 0.125. The zero-order chi connectivity index (χ0) is 10.0. The van der Waals surface area contributed by atoms with E-state index in [0.717, 1.165) is 4.47 Å². The van der Waals surface area contributed by atoms with Crippen LogP contribution in [-0.2, 0) is 4.79 Å². The summed E-state index contributed by atoms with van der Waals surface area (Å²) >= 11 is 8.98. The van der Waals surface area contributed by atoms with Crippen LogP contribution in [0, 0.1) is 0 Å². The number of carboxylic acids is 1. The molecule has 0 bridgehead atoms. The largest absolute Gasteiger partial charge is 0.480 e. The van der Waals surface area contributed by atoms with Crippen molar-refractivity contribution in [1.29, 1.82) is 0 Å². The van der Waals surface area contributed by atoms with Gasteiger partial charge in [-0.25, -0.2) is 0 Å². The van der Waals surface area contributed by atoms with Gasteiger partial charge >= 0.3 is 5.97 Å². The van der Waals surface area contributed by atoms with Crippen molar-refractivity contribution in [3.05, 3.63) is 33.3 Å². The van der Waals surface area contributed by atoms with Crippen LogP contribution in [0.15, 0.2) is 22.7 Å². The number of carboxylic acid groups (broad SMARTS) is 1. The summed E-state index contributed by atoms with van der Waals surface area (Å²) in [7, 11) is 0. The molecule has 1 atom stereocenters. The molecule has 0 amide bonds. The third-order valence-electron chi connectivity index (χ3n) is 1.56. The standard InChI is InChI=1S/C8H7BrClNO2/c9-4-1-2-6(10)5(3-4)7(11)8(12)13/h1-3,7H,11H2,(H,12,13)/t7-/m0/s1. The highest BCUT2D eigenvalue weighted by Gasteiger charge is 2.17. The van der Waals surface area contributed by atoms with E-state index in [9.17, 15) is 4.79 Å². The lowest BCUT2D eigenvalue weighted by Gasteiger charge is -2.08. The van der Waals surface area contributed by atoms with Gasteiger partial charge in [0, 0.05) is 9.50 Å². The van der Waals surface area contributed by atoms with Crippen molar-refractivity contribution in [1.82, 2.24) is 0 Å². The van der Waals surface area contributed by atoms with Crippen molar-refractivity contribution >= 4 is 33.5 Å². The van der Waals surface area contributed by atoms with Crippen LogP contribution in [0.25, 0.3) is 0 Å². The van der Waals surface area contributed by atoms with Crippen molar-refractivity contribution < 1.29 is 9.90 Å². The number of rotatable bonds is 2. The summed E-state index contributed by atoms with van der Waals surface area (Å²) < 4.78 is 0.753. The summed E-state index contributed by atoms with van der Waals surface area (Å²) in [5.74, 6) is -1.10. The Bertz CT molecular complexity index is 343. The van der Waals surface area contributed by atoms with E-state index in [4.69, 9.17) is 22.4 Å². The molecule has 70 valence electrons. The Balaban J connectivity index is 3.12. The van der Waals surface area contributed by atoms with Crippen LogP contribution in [0.5, 0.6) is 0 Å². The van der Waals surface area contributed by atoms with Gasteiger partial charge in [-0.05, 0) is 23.8 Å². The minimum Gasteiger partial charge on any atom is -0.480 e. The fourth-order valence-corrected chi connectivity index (χ4v) is 1.50. The van der Waals surface area contributed by atoms with Gasteiger partial charge in [-0.1, -0.05) is 27.5 Å². The van der Waals surface area contributed by atoms with Gasteiger partial charge in [0.25, 0.3) is 0 Å². The van der Waals surface area contributed by atoms with Gasteiger partial charge in [-0.2, -0.15) is 0 Å². The van der Waals surface area contributed by atoms with E-state index >= 15 is 0 Å². The second-order valence-corrected chi connectivity index (χ2v) is 3.80. The van der Waals surface area contributed by atoms with E-state index in [1.54, 1.807) is 18.2 Å². The lowest BCUT2D eigenvalue weighted by atomic mass is 10.1. The molecule has 0 radical (unpaired) electrons. The highest BCUT2D eigenvalue weighted by Crippen LogP contribution is 2.25. The second-order valence-electron chi connectivity index (χ2n) is 2.48. The van der Waals surface area contributed by atoms with Crippen molar-refractivity contribution in [2.75, 3.05) is 0 Å². The predicted octanol–water partition coefficient (Wildman–Crippen LogP) is 2.19. The molecule has 5 heteroatoms. The normalized spacial score (nSPS) is 12.5. The first-order chi connectivity index (χ1) is 6.02. The van der Waals surface area contributed by atoms with Crippen LogP contribution in [-0.4, -0.2) is 11.1 Å². The zero-order valence-corrected chi connectivity index (χ0v) is 8.84. The number of nitrogens with two attached hydrogens (primary N) is 1. The summed E-state index contributed by atoms with van der Waals surface area (Å²) in [4.78, 5) is 10.6. The van der Waals surface area contributed by atoms with Gasteiger partial charge in [0.15, 0.2) is 0 Å². The maximum absolute atomic E-state index is 10.6. The van der Waals surface area contributed by atoms with E-state index in [0.29, 0.717) is 10.6 Å². The number of aliphatic carboxylic acids is 1. The van der Waals surface area contributed by atoms with Gasteiger partial charge in [0.1, 0.15) is 6.04 Å². The molecule has 13 heavy (non-hydrogen) atoms. The van der Waals surface area contributed by atoms with Crippen molar-refractivity contribution in [2.24, 2.45) is 5.73 Å². The Kier molecular flexibility index (Phi) is 3.30. The van der Waals surface area contributed by atoms with Crippen molar-refractivity contribution in [3.8, 4) is 0 Å². The molecule has 0 aliphatic carbocycles. The first kappa shape index (κ1) is 10.5. The van der Waals surface area contributed by atoms with Crippen LogP contribution in [0.1, 0.15) is 11.6 Å². The predicted molar refractivity (Wildman–Crippen MR) is 53.7 cm³/mol. The van der Waals surface area contributed by atoms with E-state index in [2.05, 4.69) is 15.9 Å². The van der Waals surface area contributed by atoms with Gasteiger partial charge in [-0.15, -0.1) is 0 Å². The SMILES string of the molecule is N[C@H](C(=O)O)c1cc(Br)ccc1Cl. The molecule has 1 aromatic carbocycles. The van der Waals surface area contributed by atoms with Crippen molar-refractivity contribution in [3.63, 3.8) is 0 Å². The fourth-order valence-electron chi connectivity index (χ4n) is 0.886. The molecule has 0 spiro atoms. The Morgan fingerprint density at radius 3 is 2.77 bits per heavy atom. The smallest absolute Gasteiger partial charge is 0.325 e. The van der Waals surface area contributed by atoms with E-state index in [1.807, 2.05) is 0 Å². The third kappa shape index (κ3) is 2.43. The van der Waals surface area contributed by atoms with E-state index in [-0.39, 0.29) is 0 Å². The molecule has 3 N–H and O–H groups in total. The summed E-state index contributed by atoms with van der Waals surface area (Å²) in [6.45, 7) is 0. The molecule has 1 aromatic rings. The highest BCUT2D eigenvalue weighted by molar-refractivity contribution is 9.10. The topological polar surface area (TPSA) is 63.3 Å². The molecular formula is C8H7BrClNO2. The van der Waals surface area contributed by atoms with Crippen LogP contribution in [0.4, 0.5) is 0 Å². The highest BCUT2D eigenvalue weighted by atomic mass is 79.9. The maximum atomic E-state index is 10.6. The van der Waals surface area contributed by atoms with Crippen LogP contribution in [0.3, 0.4) is 0 Å². The molecule has 0 fully saturated rings. The number of hydrogen-bond acceptors (Lipinski definition) is 2. The Hall–Kier alpha value is -0.580. The Morgan fingerprint density at radius 1 is 1.62 bits per heavy atom. The molecule has 0 aromatic heterocycles. The average molecular weight is 265 g/mol. The van der Waals surface area contributed by atoms with Crippen molar-refractivity contribution in [2.45, 2.75) is 6.04 Å². The maximum Gasteiger partial charge on any atom is 0.325 e. The lowest BCUT2D eigenvalue weighted by Crippen LogP contribution is -2.20. The van der Waals surface area contributed by atoms with Crippen LogP contribution in [0.2, 0.25) is 5.02 Å². The van der Waals surface area contributed by atoms with Crippen LogP contribution >= 0.6 is 27.5 Å². The molecule has 0 heterocycles. The first-order valence-electron chi connectivity index (χ1n) is 3.45. The van der Waals surface area contributed by atoms with Gasteiger partial charge in [-0.3, -0.25) is 4.79 Å². The summed E-state index contributed by atoms with van der Waals surface area (Å²) in [6, 6.07) is 3.84. The molecule has 0 aliphatic rings. The quantitative estimate of drug-likeness (QED) is 0.860. The summed E-state index contributed by atoms with van der Waals surface area (Å²) in [5, 5.41) is 9.01. The number of hydrogen-bond donors (Lipinski definition) is 2. The molecule has 0 saturated heterocycles. The van der Waals surface area contributed by atoms with E-state index < -0.39 is 12.0 Å². The molecule has 0 saturated carbocycles. The number of benzene rings is 1. The minimum atomic E-state index is -1.10. The molecule has 0 aliphatic heterocycles. The Labute approximate surface area is 88.6 Å². The van der Waals surface area contributed by atoms with Gasteiger partial charge < -0.3 is 10.8 Å². The Morgan fingerprint density at radius 2 is 2.23 bits per heavy atom. The minimum absolute atomic E-state index is 0.359. The molecule has 3 nitrogen and oxygen atoms in total. The summed E-state index contributed by atoms with van der Waals surface area (Å²) in [5.41, 5.74) is 5.81.